The van der Waals surface area contributed by atoms with Crippen molar-refractivity contribution in [1.29, 1.82) is 0 Å². The first-order valence-electron chi connectivity index (χ1n) is 13.6. The van der Waals surface area contributed by atoms with Crippen LogP contribution in [-0.4, -0.2) is 63.3 Å². The van der Waals surface area contributed by atoms with E-state index in [1.807, 2.05) is 6.07 Å². The molecule has 1 amide bonds. The second kappa shape index (κ2) is 11.2. The number of aromatic amines is 1. The monoisotopic (exact) mass is 598 g/mol. The summed E-state index contributed by atoms with van der Waals surface area (Å²) in [6.07, 6.45) is 0.632. The van der Waals surface area contributed by atoms with Crippen LogP contribution in [0.1, 0.15) is 46.4 Å². The molecule has 4 aromatic rings. The van der Waals surface area contributed by atoms with Crippen LogP contribution in [0.2, 0.25) is 5.02 Å². The van der Waals surface area contributed by atoms with Gasteiger partial charge in [0, 0.05) is 61.0 Å². The number of alkyl halides is 3. The zero-order chi connectivity index (χ0) is 29.4. The number of halogens is 4. The minimum Gasteiger partial charge on any atom is -0.490 e. The van der Waals surface area contributed by atoms with Gasteiger partial charge in [-0.1, -0.05) is 11.6 Å². The van der Waals surface area contributed by atoms with Crippen LogP contribution in [0.25, 0.3) is 10.8 Å². The molecule has 42 heavy (non-hydrogen) atoms. The molecule has 1 saturated carbocycles. The van der Waals surface area contributed by atoms with Crippen LogP contribution < -0.4 is 15.2 Å². The lowest BCUT2D eigenvalue weighted by Gasteiger charge is -2.34. The fourth-order valence-electron chi connectivity index (χ4n) is 5.03. The van der Waals surface area contributed by atoms with Crippen LogP contribution in [0.3, 0.4) is 0 Å². The van der Waals surface area contributed by atoms with Crippen LogP contribution >= 0.6 is 11.6 Å². The minimum atomic E-state index is -4.51. The number of nitrogens with zero attached hydrogens (tertiary/aromatic N) is 5. The van der Waals surface area contributed by atoms with Gasteiger partial charge in [0.25, 0.3) is 11.5 Å². The Morgan fingerprint density at radius 2 is 1.76 bits per heavy atom. The molecule has 3 heterocycles. The summed E-state index contributed by atoms with van der Waals surface area (Å²) in [6, 6.07) is 10.4. The molecular formula is C29H26ClF3N6O3. The predicted molar refractivity (Wildman–Crippen MR) is 150 cm³/mol. The lowest BCUT2D eigenvalue weighted by atomic mass is 9.96. The number of anilines is 1. The second-order valence-electron chi connectivity index (χ2n) is 10.4. The fraction of sp³-hybridized carbons (Fsp3) is 0.345. The van der Waals surface area contributed by atoms with Crippen molar-refractivity contribution in [3.8, 4) is 5.75 Å². The number of fused-ring (bicyclic) bond motifs is 1. The van der Waals surface area contributed by atoms with E-state index in [4.69, 9.17) is 16.3 Å². The number of ether oxygens (including phenoxy) is 1. The third-order valence-electron chi connectivity index (χ3n) is 7.66. The molecule has 6 rings (SSSR count). The summed E-state index contributed by atoms with van der Waals surface area (Å²) in [6.45, 7) is 1.43. The van der Waals surface area contributed by atoms with Crippen molar-refractivity contribution >= 4 is 34.2 Å². The number of aromatic nitrogens is 4. The van der Waals surface area contributed by atoms with Gasteiger partial charge in [-0.15, -0.1) is 0 Å². The molecule has 0 unspecified atom stereocenters. The number of carbonyl (C=O) groups excluding carboxylic acids is 1. The van der Waals surface area contributed by atoms with Gasteiger partial charge in [-0.3, -0.25) is 9.59 Å². The fourth-order valence-corrected chi connectivity index (χ4v) is 5.22. The average molecular weight is 599 g/mol. The summed E-state index contributed by atoms with van der Waals surface area (Å²) in [5, 5.41) is 8.44. The maximum atomic E-state index is 13.4. The quantitative estimate of drug-likeness (QED) is 0.338. The highest BCUT2D eigenvalue weighted by Crippen LogP contribution is 2.30. The van der Waals surface area contributed by atoms with Gasteiger partial charge < -0.3 is 14.5 Å². The maximum absolute atomic E-state index is 13.4. The highest BCUT2D eigenvalue weighted by atomic mass is 35.5. The van der Waals surface area contributed by atoms with E-state index in [-0.39, 0.29) is 29.9 Å². The lowest BCUT2D eigenvalue weighted by molar-refractivity contribution is -0.138. The molecule has 0 spiro atoms. The van der Waals surface area contributed by atoms with Crippen molar-refractivity contribution in [2.45, 2.75) is 38.0 Å². The van der Waals surface area contributed by atoms with E-state index in [9.17, 15) is 22.8 Å². The Bertz CT molecular complexity index is 1680. The minimum absolute atomic E-state index is 0.183. The van der Waals surface area contributed by atoms with Crippen molar-refractivity contribution in [3.05, 3.63) is 86.6 Å². The Kier molecular flexibility index (Phi) is 7.48. The predicted octanol–water partition coefficient (Wildman–Crippen LogP) is 4.87. The van der Waals surface area contributed by atoms with Crippen LogP contribution in [0.5, 0.6) is 5.75 Å². The highest BCUT2D eigenvalue weighted by Gasteiger charge is 2.32. The molecule has 1 saturated heterocycles. The summed E-state index contributed by atoms with van der Waals surface area (Å²) in [4.78, 5) is 36.9. The number of amides is 1. The first kappa shape index (κ1) is 28.0. The number of rotatable bonds is 6. The first-order chi connectivity index (χ1) is 20.2. The van der Waals surface area contributed by atoms with Crippen LogP contribution in [0.4, 0.5) is 19.1 Å². The van der Waals surface area contributed by atoms with Crippen molar-refractivity contribution in [3.63, 3.8) is 0 Å². The number of hydrogen-bond acceptors (Lipinski definition) is 7. The Morgan fingerprint density at radius 1 is 1.02 bits per heavy atom. The molecule has 1 N–H and O–H groups in total. The van der Waals surface area contributed by atoms with Crippen LogP contribution in [-0.2, 0) is 12.6 Å². The molecule has 0 atom stereocenters. The summed E-state index contributed by atoms with van der Waals surface area (Å²) < 4.78 is 44.5. The first-order valence-corrected chi connectivity index (χ1v) is 13.9. The van der Waals surface area contributed by atoms with E-state index in [2.05, 4.69) is 20.2 Å². The Hall–Kier alpha value is -4.19. The molecule has 0 radical (unpaired) electrons. The Labute approximate surface area is 243 Å². The van der Waals surface area contributed by atoms with Gasteiger partial charge in [-0.05, 0) is 61.2 Å². The number of benzene rings is 2. The SMILES string of the molecule is O=C(c1ccc(Cl)c(Cc2n[nH]c(=O)c3ccc(OC4CCC4)cc23)c1)N1CCN(c2ncc(C(F)(F)F)cn2)CC1. The molecule has 218 valence electrons. The number of H-pyrrole nitrogens is 1. The van der Waals surface area contributed by atoms with Crippen molar-refractivity contribution in [2.75, 3.05) is 31.1 Å². The Balaban J connectivity index is 1.17. The van der Waals surface area contributed by atoms with Gasteiger partial charge in [0.2, 0.25) is 5.95 Å². The molecule has 2 aromatic carbocycles. The molecule has 1 aliphatic carbocycles. The maximum Gasteiger partial charge on any atom is 0.419 e. The van der Waals surface area contributed by atoms with E-state index in [0.717, 1.165) is 31.7 Å². The van der Waals surface area contributed by atoms with Gasteiger partial charge in [0.1, 0.15) is 5.75 Å². The Morgan fingerprint density at radius 3 is 2.43 bits per heavy atom. The van der Waals surface area contributed by atoms with Gasteiger partial charge in [-0.25, -0.2) is 15.1 Å². The zero-order valence-electron chi connectivity index (χ0n) is 22.3. The number of carbonyl (C=O) groups is 1. The summed E-state index contributed by atoms with van der Waals surface area (Å²) in [5.74, 6) is 0.666. The second-order valence-corrected chi connectivity index (χ2v) is 10.8. The van der Waals surface area contributed by atoms with Gasteiger partial charge in [0.05, 0.1) is 22.7 Å². The smallest absolute Gasteiger partial charge is 0.419 e. The van der Waals surface area contributed by atoms with Crippen LogP contribution in [0, 0.1) is 0 Å². The molecule has 9 nitrogen and oxygen atoms in total. The zero-order valence-corrected chi connectivity index (χ0v) is 23.1. The summed E-state index contributed by atoms with van der Waals surface area (Å²) in [5.41, 5.74) is 0.494. The topological polar surface area (TPSA) is 104 Å². The number of hydrogen-bond donors (Lipinski definition) is 1. The van der Waals surface area contributed by atoms with Crippen molar-refractivity contribution in [1.82, 2.24) is 25.1 Å². The van der Waals surface area contributed by atoms with Gasteiger partial charge >= 0.3 is 6.18 Å². The average Bonchev–Trinajstić information content (AvgIpc) is 2.97. The van der Waals surface area contributed by atoms with E-state index >= 15 is 0 Å². The van der Waals surface area contributed by atoms with Crippen molar-refractivity contribution in [2.24, 2.45) is 0 Å². The third-order valence-corrected chi connectivity index (χ3v) is 8.03. The normalized spacial score (nSPS) is 16.0. The summed E-state index contributed by atoms with van der Waals surface area (Å²) >= 11 is 6.53. The molecule has 1 aliphatic heterocycles. The molecule has 13 heteroatoms. The number of piperazine rings is 1. The van der Waals surface area contributed by atoms with Crippen molar-refractivity contribution < 1.29 is 22.7 Å². The van der Waals surface area contributed by atoms with Gasteiger partial charge in [0.15, 0.2) is 0 Å². The molecule has 0 bridgehead atoms. The molecular weight excluding hydrogens is 573 g/mol. The molecule has 2 fully saturated rings. The largest absolute Gasteiger partial charge is 0.490 e. The van der Waals surface area contributed by atoms with Crippen LogP contribution in [0.15, 0.2) is 53.6 Å². The van der Waals surface area contributed by atoms with E-state index in [1.165, 1.54) is 0 Å². The van der Waals surface area contributed by atoms with E-state index in [1.54, 1.807) is 40.1 Å². The highest BCUT2D eigenvalue weighted by molar-refractivity contribution is 6.31. The third kappa shape index (κ3) is 5.76. The van der Waals surface area contributed by atoms with E-state index < -0.39 is 11.7 Å². The number of nitrogens with one attached hydrogen (secondary N) is 1. The lowest BCUT2D eigenvalue weighted by Crippen LogP contribution is -2.49. The summed E-state index contributed by atoms with van der Waals surface area (Å²) in [7, 11) is 0. The van der Waals surface area contributed by atoms with Gasteiger partial charge in [-0.2, -0.15) is 18.3 Å². The molecule has 2 aliphatic rings. The molecule has 2 aromatic heterocycles. The van der Waals surface area contributed by atoms with E-state index in [0.29, 0.717) is 64.5 Å². The standard InChI is InChI=1S/C29H26ClF3N6O3/c30-24-7-4-17(27(41)38-8-10-39(11-9-38)28-34-15-19(16-35-28)29(31,32)33)12-18(24)13-25-23-14-21(42-20-2-1-3-20)5-6-22(23)26(40)37-36-25/h4-7,12,14-16,20H,1-3,8-11,13H2,(H,37,40).